The number of carbonyl (C=O) groups is 1. The number of ether oxygens (including phenoxy) is 2. The summed E-state index contributed by atoms with van der Waals surface area (Å²) in [7, 11) is 1.41. The Hall–Kier alpha value is -1.58. The summed E-state index contributed by atoms with van der Waals surface area (Å²) in [5.74, 6) is 2.13. The highest BCUT2D eigenvalue weighted by Crippen LogP contribution is 2.41. The van der Waals surface area contributed by atoms with Crippen LogP contribution in [-0.4, -0.2) is 13.1 Å². The molecule has 2 fully saturated rings. The molecule has 25 heavy (non-hydrogen) atoms. The zero-order chi connectivity index (χ0) is 17.8. The van der Waals surface area contributed by atoms with Crippen molar-refractivity contribution in [3.8, 4) is 11.5 Å². The fraction of sp³-hybridized carbons (Fsp3) is 0.667. The van der Waals surface area contributed by atoms with Crippen molar-refractivity contribution in [2.75, 3.05) is 7.11 Å². The van der Waals surface area contributed by atoms with Crippen LogP contribution in [-0.2, 0) is 4.79 Å². The minimum Gasteiger partial charge on any atom is -0.494 e. The molecule has 0 N–H and O–H groups in total. The third-order valence-corrected chi connectivity index (χ3v) is 6.17. The molecule has 1 aromatic rings. The predicted molar refractivity (Wildman–Crippen MR) is 95.2 cm³/mol. The number of benzene rings is 1. The average molecular weight is 348 g/mol. The van der Waals surface area contributed by atoms with E-state index >= 15 is 0 Å². The number of hydrogen-bond acceptors (Lipinski definition) is 3. The van der Waals surface area contributed by atoms with E-state index in [2.05, 4.69) is 6.92 Å². The largest absolute Gasteiger partial charge is 0.494 e. The second-order valence-electron chi connectivity index (χ2n) is 7.85. The van der Waals surface area contributed by atoms with Gasteiger partial charge in [-0.2, -0.15) is 0 Å². The van der Waals surface area contributed by atoms with Gasteiger partial charge in [0, 0.05) is 6.07 Å². The van der Waals surface area contributed by atoms with Crippen molar-refractivity contribution in [2.45, 2.75) is 58.3 Å². The lowest BCUT2D eigenvalue weighted by atomic mass is 9.69. The molecular formula is C21H29FO3. The zero-order valence-electron chi connectivity index (χ0n) is 15.3. The summed E-state index contributed by atoms with van der Waals surface area (Å²) < 4.78 is 24.0. The van der Waals surface area contributed by atoms with Crippen LogP contribution in [0.3, 0.4) is 0 Å². The molecule has 3 nitrogen and oxygen atoms in total. The third kappa shape index (κ3) is 4.53. The number of rotatable bonds is 4. The molecule has 0 aromatic heterocycles. The summed E-state index contributed by atoms with van der Waals surface area (Å²) in [6, 6.07) is 4.28. The highest BCUT2D eigenvalue weighted by atomic mass is 19.1. The van der Waals surface area contributed by atoms with Crippen LogP contribution in [0.25, 0.3) is 0 Å². The van der Waals surface area contributed by atoms with Crippen LogP contribution in [0.2, 0.25) is 0 Å². The van der Waals surface area contributed by atoms with Crippen molar-refractivity contribution in [2.24, 2.45) is 23.7 Å². The van der Waals surface area contributed by atoms with Crippen LogP contribution in [0, 0.1) is 29.5 Å². The van der Waals surface area contributed by atoms with Gasteiger partial charge in [-0.15, -0.1) is 0 Å². The number of halogens is 1. The molecule has 0 spiro atoms. The topological polar surface area (TPSA) is 35.5 Å². The Morgan fingerprint density at radius 1 is 1.00 bits per heavy atom. The van der Waals surface area contributed by atoms with Crippen LogP contribution in [0.5, 0.6) is 11.5 Å². The molecule has 0 bridgehead atoms. The smallest absolute Gasteiger partial charge is 0.314 e. The van der Waals surface area contributed by atoms with E-state index in [0.29, 0.717) is 0 Å². The minimum absolute atomic E-state index is 0.0519. The van der Waals surface area contributed by atoms with Gasteiger partial charge >= 0.3 is 5.97 Å². The van der Waals surface area contributed by atoms with E-state index in [1.165, 1.54) is 44.9 Å². The SMILES string of the molecule is COc1ccc(OC(=O)C2CCC(C3CCC(C)CC3)CC2)cc1F. The van der Waals surface area contributed by atoms with E-state index in [1.54, 1.807) is 6.07 Å². The first kappa shape index (κ1) is 18.2. The molecule has 0 atom stereocenters. The zero-order valence-corrected chi connectivity index (χ0v) is 15.3. The van der Waals surface area contributed by atoms with Crippen LogP contribution >= 0.6 is 0 Å². The summed E-state index contributed by atoms with van der Waals surface area (Å²) in [5, 5.41) is 0. The van der Waals surface area contributed by atoms with Gasteiger partial charge in [-0.3, -0.25) is 4.79 Å². The lowest BCUT2D eigenvalue weighted by molar-refractivity contribution is -0.140. The van der Waals surface area contributed by atoms with Crippen molar-refractivity contribution < 1.29 is 18.7 Å². The first-order valence-electron chi connectivity index (χ1n) is 9.62. The molecule has 3 rings (SSSR count). The lowest BCUT2D eigenvalue weighted by Crippen LogP contribution is -2.29. The Bertz CT molecular complexity index is 585. The van der Waals surface area contributed by atoms with Crippen LogP contribution < -0.4 is 9.47 Å². The van der Waals surface area contributed by atoms with Crippen molar-refractivity contribution in [1.82, 2.24) is 0 Å². The molecule has 0 heterocycles. The Balaban J connectivity index is 1.49. The second kappa shape index (κ2) is 8.20. The normalized spacial score (nSPS) is 29.9. The number of hydrogen-bond donors (Lipinski definition) is 0. The monoisotopic (exact) mass is 348 g/mol. The Morgan fingerprint density at radius 3 is 2.16 bits per heavy atom. The highest BCUT2D eigenvalue weighted by molar-refractivity contribution is 5.75. The van der Waals surface area contributed by atoms with Crippen molar-refractivity contribution in [1.29, 1.82) is 0 Å². The number of esters is 1. The van der Waals surface area contributed by atoms with Gasteiger partial charge in [0.05, 0.1) is 13.0 Å². The molecule has 0 amide bonds. The van der Waals surface area contributed by atoms with Gasteiger partial charge in [0.15, 0.2) is 11.6 Å². The summed E-state index contributed by atoms with van der Waals surface area (Å²) >= 11 is 0. The average Bonchev–Trinajstić information content (AvgIpc) is 2.63. The van der Waals surface area contributed by atoms with Gasteiger partial charge in [0.2, 0.25) is 0 Å². The van der Waals surface area contributed by atoms with Crippen LogP contribution in [0.4, 0.5) is 4.39 Å². The van der Waals surface area contributed by atoms with Crippen molar-refractivity contribution >= 4 is 5.97 Å². The summed E-state index contributed by atoms with van der Waals surface area (Å²) in [4.78, 5) is 12.4. The Kier molecular flexibility index (Phi) is 5.98. The fourth-order valence-corrected chi connectivity index (χ4v) is 4.49. The molecule has 1 aromatic carbocycles. The summed E-state index contributed by atoms with van der Waals surface area (Å²) in [6.07, 6.45) is 9.46. The highest BCUT2D eigenvalue weighted by Gasteiger charge is 2.33. The summed E-state index contributed by atoms with van der Waals surface area (Å²) in [6.45, 7) is 2.35. The Labute approximate surface area is 149 Å². The van der Waals surface area contributed by atoms with E-state index in [1.807, 2.05) is 0 Å². The maximum Gasteiger partial charge on any atom is 0.314 e. The molecule has 0 saturated heterocycles. The van der Waals surface area contributed by atoms with Crippen molar-refractivity contribution in [3.63, 3.8) is 0 Å². The van der Waals surface area contributed by atoms with Crippen LogP contribution in [0.1, 0.15) is 58.3 Å². The van der Waals surface area contributed by atoms with Gasteiger partial charge in [0.1, 0.15) is 5.75 Å². The van der Waals surface area contributed by atoms with E-state index < -0.39 is 5.82 Å². The molecule has 138 valence electrons. The van der Waals surface area contributed by atoms with Gasteiger partial charge in [0.25, 0.3) is 0 Å². The maximum atomic E-state index is 13.7. The number of carbonyl (C=O) groups excluding carboxylic acids is 1. The molecule has 4 heteroatoms. The predicted octanol–water partition coefficient (Wildman–Crippen LogP) is 5.37. The molecular weight excluding hydrogens is 319 g/mol. The second-order valence-corrected chi connectivity index (χ2v) is 7.85. The molecule has 2 aliphatic carbocycles. The summed E-state index contributed by atoms with van der Waals surface area (Å²) in [5.41, 5.74) is 0. The van der Waals surface area contributed by atoms with Gasteiger partial charge < -0.3 is 9.47 Å². The van der Waals surface area contributed by atoms with E-state index in [0.717, 1.165) is 43.4 Å². The molecule has 2 aliphatic rings. The first-order valence-corrected chi connectivity index (χ1v) is 9.62. The third-order valence-electron chi connectivity index (χ3n) is 6.17. The minimum atomic E-state index is -0.511. The Morgan fingerprint density at radius 2 is 1.60 bits per heavy atom. The lowest BCUT2D eigenvalue weighted by Gasteiger charge is -2.36. The molecule has 0 aliphatic heterocycles. The number of methoxy groups -OCH3 is 1. The van der Waals surface area contributed by atoms with Crippen LogP contribution in [0.15, 0.2) is 18.2 Å². The molecule has 2 saturated carbocycles. The van der Waals surface area contributed by atoms with E-state index in [9.17, 15) is 9.18 Å². The van der Waals surface area contributed by atoms with E-state index in [4.69, 9.17) is 9.47 Å². The maximum absolute atomic E-state index is 13.7. The fourth-order valence-electron chi connectivity index (χ4n) is 4.49. The quantitative estimate of drug-likeness (QED) is 0.542. The molecule has 0 unspecified atom stereocenters. The first-order chi connectivity index (χ1) is 12.1. The van der Waals surface area contributed by atoms with E-state index in [-0.39, 0.29) is 23.4 Å². The van der Waals surface area contributed by atoms with Gasteiger partial charge in [-0.05, 0) is 68.4 Å². The van der Waals surface area contributed by atoms with Gasteiger partial charge in [-0.25, -0.2) is 4.39 Å². The standard InChI is InChI=1S/C21H29FO3/c1-14-3-5-15(6-4-14)16-7-9-17(10-8-16)21(23)25-18-11-12-20(24-2)19(22)13-18/h11-17H,3-10H2,1-2H3. The van der Waals surface area contributed by atoms with Gasteiger partial charge in [-0.1, -0.05) is 19.8 Å². The molecule has 0 radical (unpaired) electrons. The van der Waals surface area contributed by atoms with Crippen molar-refractivity contribution in [3.05, 3.63) is 24.0 Å².